The van der Waals surface area contributed by atoms with E-state index in [1.807, 2.05) is 6.07 Å². The molecule has 0 aliphatic rings. The van der Waals surface area contributed by atoms with E-state index < -0.39 is 0 Å². The number of halogens is 1. The Morgan fingerprint density at radius 2 is 1.77 bits per heavy atom. The van der Waals surface area contributed by atoms with Gasteiger partial charge in [-0.25, -0.2) is 4.39 Å². The maximum Gasteiger partial charge on any atom is 0.255 e. The summed E-state index contributed by atoms with van der Waals surface area (Å²) in [7, 11) is 0. The predicted molar refractivity (Wildman–Crippen MR) is 96.3 cm³/mol. The maximum atomic E-state index is 12.9. The number of carbonyl (C=O) groups is 1. The van der Waals surface area contributed by atoms with Crippen molar-refractivity contribution in [3.8, 4) is 11.8 Å². The molecule has 0 fully saturated rings. The number of hydrogen-bond acceptors (Lipinski definition) is 3. The minimum Gasteiger partial charge on any atom is -0.489 e. The van der Waals surface area contributed by atoms with Gasteiger partial charge in [-0.2, -0.15) is 5.26 Å². The van der Waals surface area contributed by atoms with Crippen LogP contribution in [0.25, 0.3) is 0 Å². The lowest BCUT2D eigenvalue weighted by atomic mass is 10.1. The number of carbonyl (C=O) groups excluding carboxylic acids is 1. The zero-order chi connectivity index (χ0) is 18.4. The van der Waals surface area contributed by atoms with Crippen molar-refractivity contribution >= 4 is 11.6 Å². The zero-order valence-corrected chi connectivity index (χ0v) is 13.8. The number of ether oxygens (including phenoxy) is 1. The molecular formula is C21H15FN2O2. The molecule has 3 rings (SSSR count). The Morgan fingerprint density at radius 3 is 2.46 bits per heavy atom. The summed E-state index contributed by atoms with van der Waals surface area (Å²) in [6, 6.07) is 21.5. The van der Waals surface area contributed by atoms with Crippen molar-refractivity contribution < 1.29 is 13.9 Å². The normalized spacial score (nSPS) is 10.0. The monoisotopic (exact) mass is 346 g/mol. The van der Waals surface area contributed by atoms with E-state index in [4.69, 9.17) is 10.00 Å². The number of nitriles is 1. The first-order chi connectivity index (χ1) is 12.6. The van der Waals surface area contributed by atoms with Gasteiger partial charge in [-0.15, -0.1) is 0 Å². The summed E-state index contributed by atoms with van der Waals surface area (Å²) in [6.45, 7) is 0.299. The minimum atomic E-state index is -0.290. The number of benzene rings is 3. The number of amides is 1. The van der Waals surface area contributed by atoms with E-state index >= 15 is 0 Å². The van der Waals surface area contributed by atoms with Gasteiger partial charge in [0.05, 0.1) is 11.6 Å². The van der Waals surface area contributed by atoms with Crippen molar-refractivity contribution in [2.45, 2.75) is 6.61 Å². The Labute approximate surface area is 150 Å². The van der Waals surface area contributed by atoms with Gasteiger partial charge >= 0.3 is 0 Å². The maximum absolute atomic E-state index is 12.9. The summed E-state index contributed by atoms with van der Waals surface area (Å²) in [6.07, 6.45) is 0. The summed E-state index contributed by atoms with van der Waals surface area (Å²) in [5.74, 6) is 0.0263. The van der Waals surface area contributed by atoms with Gasteiger partial charge in [0.15, 0.2) is 0 Å². The van der Waals surface area contributed by atoms with Gasteiger partial charge in [-0.3, -0.25) is 4.79 Å². The SMILES string of the molecule is N#Cc1ccc(C(=O)Nc2cccc(OCc3ccc(F)cc3)c2)cc1. The highest BCUT2D eigenvalue weighted by Gasteiger charge is 2.07. The molecule has 0 heterocycles. The van der Waals surface area contributed by atoms with Crippen molar-refractivity contribution in [3.63, 3.8) is 0 Å². The molecule has 0 saturated heterocycles. The second kappa shape index (κ2) is 7.95. The first kappa shape index (κ1) is 17.2. The van der Waals surface area contributed by atoms with Gasteiger partial charge < -0.3 is 10.1 Å². The second-order valence-electron chi connectivity index (χ2n) is 5.59. The van der Waals surface area contributed by atoms with Crippen molar-refractivity contribution in [1.29, 1.82) is 5.26 Å². The van der Waals surface area contributed by atoms with Gasteiger partial charge in [0.1, 0.15) is 18.2 Å². The van der Waals surface area contributed by atoms with Crippen LogP contribution in [0.1, 0.15) is 21.5 Å². The molecule has 3 aromatic carbocycles. The molecule has 26 heavy (non-hydrogen) atoms. The standard InChI is InChI=1S/C21H15FN2O2/c22-18-10-6-16(7-11-18)14-26-20-3-1-2-19(12-20)24-21(25)17-8-4-15(13-23)5-9-17/h1-12H,14H2,(H,24,25). The van der Waals surface area contributed by atoms with Gasteiger partial charge in [-0.05, 0) is 54.1 Å². The largest absolute Gasteiger partial charge is 0.489 e. The first-order valence-corrected chi connectivity index (χ1v) is 7.93. The van der Waals surface area contributed by atoms with Gasteiger partial charge in [0, 0.05) is 17.3 Å². The predicted octanol–water partition coefficient (Wildman–Crippen LogP) is 4.53. The number of hydrogen-bond donors (Lipinski definition) is 1. The molecule has 0 aliphatic heterocycles. The molecule has 0 bridgehead atoms. The molecule has 1 N–H and O–H groups in total. The van der Waals surface area contributed by atoms with Gasteiger partial charge in [0.25, 0.3) is 5.91 Å². The lowest BCUT2D eigenvalue weighted by Crippen LogP contribution is -2.11. The molecule has 5 heteroatoms. The third kappa shape index (κ3) is 4.46. The van der Waals surface area contributed by atoms with Crippen molar-refractivity contribution in [2.75, 3.05) is 5.32 Å². The topological polar surface area (TPSA) is 62.1 Å². The Morgan fingerprint density at radius 1 is 1.04 bits per heavy atom. The van der Waals surface area contributed by atoms with Crippen LogP contribution in [0.2, 0.25) is 0 Å². The molecule has 3 aromatic rings. The zero-order valence-electron chi connectivity index (χ0n) is 13.8. The van der Waals surface area contributed by atoms with E-state index in [0.717, 1.165) is 5.56 Å². The Hall–Kier alpha value is -3.65. The van der Waals surface area contributed by atoms with E-state index in [1.54, 1.807) is 60.7 Å². The molecule has 0 aromatic heterocycles. The second-order valence-corrected chi connectivity index (χ2v) is 5.59. The molecule has 0 unspecified atom stereocenters. The van der Waals surface area contributed by atoms with E-state index in [-0.39, 0.29) is 11.7 Å². The Kier molecular flexibility index (Phi) is 5.25. The highest BCUT2D eigenvalue weighted by atomic mass is 19.1. The molecule has 128 valence electrons. The van der Waals surface area contributed by atoms with Crippen molar-refractivity contribution in [1.82, 2.24) is 0 Å². The highest BCUT2D eigenvalue weighted by Crippen LogP contribution is 2.19. The molecule has 4 nitrogen and oxygen atoms in total. The van der Waals surface area contributed by atoms with E-state index in [9.17, 15) is 9.18 Å². The van der Waals surface area contributed by atoms with Crippen molar-refractivity contribution in [2.24, 2.45) is 0 Å². The molecule has 0 saturated carbocycles. The van der Waals surface area contributed by atoms with Crippen LogP contribution >= 0.6 is 0 Å². The third-order valence-corrected chi connectivity index (χ3v) is 3.69. The number of anilines is 1. The molecule has 0 spiro atoms. The minimum absolute atomic E-state index is 0.273. The molecule has 1 amide bonds. The number of nitrogens with one attached hydrogen (secondary N) is 1. The van der Waals surface area contributed by atoms with Gasteiger partial charge in [-0.1, -0.05) is 18.2 Å². The van der Waals surface area contributed by atoms with Crippen LogP contribution in [-0.4, -0.2) is 5.91 Å². The van der Waals surface area contributed by atoms with Crippen LogP contribution < -0.4 is 10.1 Å². The Balaban J connectivity index is 1.63. The van der Waals surface area contributed by atoms with Crippen LogP contribution in [0, 0.1) is 17.1 Å². The fourth-order valence-corrected chi connectivity index (χ4v) is 2.31. The summed E-state index contributed by atoms with van der Waals surface area (Å²) in [5, 5.41) is 11.6. The number of nitrogens with zero attached hydrogens (tertiary/aromatic N) is 1. The summed E-state index contributed by atoms with van der Waals surface area (Å²) < 4.78 is 18.6. The van der Waals surface area contributed by atoms with Crippen LogP contribution in [0.4, 0.5) is 10.1 Å². The molecular weight excluding hydrogens is 331 g/mol. The van der Waals surface area contributed by atoms with E-state index in [1.165, 1.54) is 12.1 Å². The number of rotatable bonds is 5. The van der Waals surface area contributed by atoms with Crippen LogP contribution in [-0.2, 0) is 6.61 Å². The average Bonchev–Trinajstić information content (AvgIpc) is 2.68. The fraction of sp³-hybridized carbons (Fsp3) is 0.0476. The lowest BCUT2D eigenvalue weighted by molar-refractivity contribution is 0.102. The Bertz CT molecular complexity index is 945. The van der Waals surface area contributed by atoms with Gasteiger partial charge in [0.2, 0.25) is 0 Å². The van der Waals surface area contributed by atoms with E-state index in [2.05, 4.69) is 5.32 Å². The average molecular weight is 346 g/mol. The van der Waals surface area contributed by atoms with E-state index in [0.29, 0.717) is 29.2 Å². The van der Waals surface area contributed by atoms with Crippen LogP contribution in [0.15, 0.2) is 72.8 Å². The third-order valence-electron chi connectivity index (χ3n) is 3.69. The molecule has 0 atom stereocenters. The van der Waals surface area contributed by atoms with Crippen molar-refractivity contribution in [3.05, 3.63) is 95.3 Å². The fourth-order valence-electron chi connectivity index (χ4n) is 2.31. The lowest BCUT2D eigenvalue weighted by Gasteiger charge is -2.09. The van der Waals surface area contributed by atoms with Crippen LogP contribution in [0.5, 0.6) is 5.75 Å². The molecule has 0 aliphatic carbocycles. The molecule has 0 radical (unpaired) electrons. The summed E-state index contributed by atoms with van der Waals surface area (Å²) in [5.41, 5.74) is 2.40. The quantitative estimate of drug-likeness (QED) is 0.738. The highest BCUT2D eigenvalue weighted by molar-refractivity contribution is 6.04. The first-order valence-electron chi connectivity index (χ1n) is 7.93. The summed E-state index contributed by atoms with van der Waals surface area (Å²) >= 11 is 0. The van der Waals surface area contributed by atoms with Crippen LogP contribution in [0.3, 0.4) is 0 Å². The summed E-state index contributed by atoms with van der Waals surface area (Å²) in [4.78, 5) is 12.3. The smallest absolute Gasteiger partial charge is 0.255 e.